The van der Waals surface area contributed by atoms with Crippen LogP contribution in [-0.2, 0) is 11.3 Å². The fourth-order valence-electron chi connectivity index (χ4n) is 2.35. The van der Waals surface area contributed by atoms with E-state index in [2.05, 4.69) is 10.5 Å². The zero-order valence-corrected chi connectivity index (χ0v) is 11.3. The average Bonchev–Trinajstić information content (AvgIpc) is 2.94. The van der Waals surface area contributed by atoms with Gasteiger partial charge in [-0.25, -0.2) is 0 Å². The van der Waals surface area contributed by atoms with Crippen LogP contribution in [0.15, 0.2) is 4.52 Å². The van der Waals surface area contributed by atoms with Crippen molar-refractivity contribution in [1.82, 2.24) is 15.4 Å². The van der Waals surface area contributed by atoms with Crippen molar-refractivity contribution in [3.05, 3.63) is 17.0 Å². The van der Waals surface area contributed by atoms with Gasteiger partial charge in [0.25, 0.3) is 0 Å². The summed E-state index contributed by atoms with van der Waals surface area (Å²) in [6, 6.07) is 0.351. The molecule has 2 rings (SSSR count). The second-order valence-electron chi connectivity index (χ2n) is 5.05. The van der Waals surface area contributed by atoms with Gasteiger partial charge in [0.2, 0.25) is 5.91 Å². The topological polar surface area (TPSA) is 58.4 Å². The first-order chi connectivity index (χ1) is 8.58. The predicted molar refractivity (Wildman–Crippen MR) is 68.1 cm³/mol. The first-order valence-electron chi connectivity index (χ1n) is 6.47. The Bertz CT molecular complexity index is 402. The van der Waals surface area contributed by atoms with Crippen molar-refractivity contribution in [1.29, 1.82) is 0 Å². The summed E-state index contributed by atoms with van der Waals surface area (Å²) in [6.07, 6.45) is 2.86. The van der Waals surface area contributed by atoms with E-state index in [0.717, 1.165) is 30.0 Å². The molecule has 1 aromatic rings. The van der Waals surface area contributed by atoms with Gasteiger partial charge in [0, 0.05) is 25.1 Å². The molecule has 0 saturated carbocycles. The second kappa shape index (κ2) is 5.52. The molecule has 2 heterocycles. The monoisotopic (exact) mass is 251 g/mol. The second-order valence-corrected chi connectivity index (χ2v) is 5.05. The first-order valence-corrected chi connectivity index (χ1v) is 6.47. The molecule has 1 N–H and O–H groups in total. The number of amides is 1. The molecule has 0 aromatic carbocycles. The number of aryl methyl sites for hydroxylation is 2. The fourth-order valence-corrected chi connectivity index (χ4v) is 2.35. The molecular formula is C13H21N3O2. The van der Waals surface area contributed by atoms with E-state index in [1.54, 1.807) is 4.90 Å². The number of rotatable bonds is 4. The van der Waals surface area contributed by atoms with E-state index in [0.29, 0.717) is 19.0 Å². The quantitative estimate of drug-likeness (QED) is 0.878. The third-order valence-corrected chi connectivity index (χ3v) is 3.59. The van der Waals surface area contributed by atoms with Gasteiger partial charge in [-0.15, -0.1) is 0 Å². The maximum Gasteiger partial charge on any atom is 0.224 e. The number of carbonyl (C=O) groups excluding carboxylic acids is 1. The number of carbonyl (C=O) groups is 1. The van der Waals surface area contributed by atoms with Crippen LogP contribution in [0, 0.1) is 13.8 Å². The molecule has 1 saturated heterocycles. The standard InChI is InChI=1S/C13H21N3O2/c1-9-12(10(2)18-15-9)8-16(3)13(17)7-11-5-4-6-14-11/h11,14H,4-8H2,1-3H3. The third kappa shape index (κ3) is 2.90. The van der Waals surface area contributed by atoms with Crippen LogP contribution >= 0.6 is 0 Å². The van der Waals surface area contributed by atoms with Gasteiger partial charge >= 0.3 is 0 Å². The van der Waals surface area contributed by atoms with Crippen molar-refractivity contribution >= 4 is 5.91 Å². The lowest BCUT2D eigenvalue weighted by molar-refractivity contribution is -0.130. The molecule has 1 amide bonds. The minimum absolute atomic E-state index is 0.175. The Morgan fingerprint density at radius 3 is 2.89 bits per heavy atom. The van der Waals surface area contributed by atoms with Crippen molar-refractivity contribution in [2.75, 3.05) is 13.6 Å². The van der Waals surface area contributed by atoms with E-state index in [9.17, 15) is 4.79 Å². The van der Waals surface area contributed by atoms with Gasteiger partial charge in [-0.3, -0.25) is 4.79 Å². The highest BCUT2D eigenvalue weighted by atomic mass is 16.5. The average molecular weight is 251 g/mol. The van der Waals surface area contributed by atoms with Crippen molar-refractivity contribution in [2.24, 2.45) is 0 Å². The molecule has 0 radical (unpaired) electrons. The Morgan fingerprint density at radius 2 is 2.33 bits per heavy atom. The maximum absolute atomic E-state index is 12.1. The summed E-state index contributed by atoms with van der Waals surface area (Å²) < 4.78 is 5.11. The molecule has 0 aliphatic carbocycles. The van der Waals surface area contributed by atoms with Crippen LogP contribution in [0.1, 0.15) is 36.3 Å². The van der Waals surface area contributed by atoms with Crippen LogP contribution in [-0.4, -0.2) is 35.6 Å². The summed E-state index contributed by atoms with van der Waals surface area (Å²) in [7, 11) is 1.84. The minimum Gasteiger partial charge on any atom is -0.361 e. The molecule has 0 bridgehead atoms. The zero-order chi connectivity index (χ0) is 13.1. The Hall–Kier alpha value is -1.36. The number of nitrogens with zero attached hydrogens (tertiary/aromatic N) is 2. The molecule has 1 aliphatic rings. The number of hydrogen-bond donors (Lipinski definition) is 1. The van der Waals surface area contributed by atoms with Gasteiger partial charge in [0.1, 0.15) is 5.76 Å². The number of nitrogens with one attached hydrogen (secondary N) is 1. The van der Waals surface area contributed by atoms with Crippen LogP contribution in [0.5, 0.6) is 0 Å². The van der Waals surface area contributed by atoms with Gasteiger partial charge < -0.3 is 14.7 Å². The summed E-state index contributed by atoms with van der Waals surface area (Å²) >= 11 is 0. The van der Waals surface area contributed by atoms with E-state index in [-0.39, 0.29) is 5.91 Å². The summed E-state index contributed by atoms with van der Waals surface area (Å²) in [5, 5.41) is 7.25. The lowest BCUT2D eigenvalue weighted by Gasteiger charge is -2.19. The Kier molecular flexibility index (Phi) is 4.01. The Morgan fingerprint density at radius 1 is 1.56 bits per heavy atom. The van der Waals surface area contributed by atoms with Crippen LogP contribution in [0.4, 0.5) is 0 Å². The lowest BCUT2D eigenvalue weighted by Crippen LogP contribution is -2.33. The van der Waals surface area contributed by atoms with E-state index < -0.39 is 0 Å². The van der Waals surface area contributed by atoms with Gasteiger partial charge in [0.15, 0.2) is 0 Å². The summed E-state index contributed by atoms with van der Waals surface area (Å²) in [5.74, 6) is 0.973. The largest absolute Gasteiger partial charge is 0.361 e. The van der Waals surface area contributed by atoms with Crippen molar-refractivity contribution in [3.63, 3.8) is 0 Å². The van der Waals surface area contributed by atoms with Gasteiger partial charge in [-0.2, -0.15) is 0 Å². The molecule has 18 heavy (non-hydrogen) atoms. The van der Waals surface area contributed by atoms with Crippen LogP contribution < -0.4 is 5.32 Å². The van der Waals surface area contributed by atoms with E-state index in [4.69, 9.17) is 4.52 Å². The minimum atomic E-state index is 0.175. The van der Waals surface area contributed by atoms with Crippen LogP contribution in [0.2, 0.25) is 0 Å². The van der Waals surface area contributed by atoms with Crippen molar-refractivity contribution in [3.8, 4) is 0 Å². The van der Waals surface area contributed by atoms with Crippen LogP contribution in [0.3, 0.4) is 0 Å². The van der Waals surface area contributed by atoms with E-state index in [1.807, 2.05) is 20.9 Å². The molecule has 1 aromatic heterocycles. The molecule has 1 fully saturated rings. The third-order valence-electron chi connectivity index (χ3n) is 3.59. The first kappa shape index (κ1) is 13.1. The zero-order valence-electron chi connectivity index (χ0n) is 11.3. The summed E-state index contributed by atoms with van der Waals surface area (Å²) in [5.41, 5.74) is 1.89. The van der Waals surface area contributed by atoms with E-state index in [1.165, 1.54) is 6.42 Å². The molecule has 100 valence electrons. The lowest BCUT2D eigenvalue weighted by atomic mass is 10.1. The molecule has 1 atom stereocenters. The van der Waals surface area contributed by atoms with Crippen molar-refractivity contribution in [2.45, 2.75) is 45.7 Å². The summed E-state index contributed by atoms with van der Waals surface area (Å²) in [6.45, 7) is 5.40. The van der Waals surface area contributed by atoms with Crippen molar-refractivity contribution < 1.29 is 9.32 Å². The predicted octanol–water partition coefficient (Wildman–Crippen LogP) is 1.39. The van der Waals surface area contributed by atoms with Gasteiger partial charge in [0.05, 0.1) is 12.2 Å². The fraction of sp³-hybridized carbons (Fsp3) is 0.692. The molecule has 0 spiro atoms. The Balaban J connectivity index is 1.90. The summed E-state index contributed by atoms with van der Waals surface area (Å²) in [4.78, 5) is 13.8. The maximum atomic E-state index is 12.1. The molecule has 1 aliphatic heterocycles. The molecular weight excluding hydrogens is 230 g/mol. The van der Waals surface area contributed by atoms with Gasteiger partial charge in [-0.1, -0.05) is 5.16 Å². The highest BCUT2D eigenvalue weighted by Crippen LogP contribution is 2.16. The smallest absolute Gasteiger partial charge is 0.224 e. The SMILES string of the molecule is Cc1noc(C)c1CN(C)C(=O)CC1CCCN1. The normalized spacial score (nSPS) is 19.2. The molecule has 1 unspecified atom stereocenters. The van der Waals surface area contributed by atoms with E-state index >= 15 is 0 Å². The van der Waals surface area contributed by atoms with Crippen LogP contribution in [0.25, 0.3) is 0 Å². The molecule has 5 heteroatoms. The number of aromatic nitrogens is 1. The van der Waals surface area contributed by atoms with Gasteiger partial charge in [-0.05, 0) is 33.2 Å². The highest BCUT2D eigenvalue weighted by Gasteiger charge is 2.21. The number of hydrogen-bond acceptors (Lipinski definition) is 4. The molecule has 5 nitrogen and oxygen atoms in total. The highest BCUT2D eigenvalue weighted by molar-refractivity contribution is 5.76. The Labute approximate surface area is 108 Å².